The average Bonchev–Trinajstić information content (AvgIpc) is 3.12. The monoisotopic (exact) mass is 707 g/mol. The number of hydrogen-bond acceptors (Lipinski definition) is 5. The van der Waals surface area contributed by atoms with E-state index < -0.39 is 6.10 Å². The van der Waals surface area contributed by atoms with Crippen molar-refractivity contribution in [2.24, 2.45) is 0 Å². The average molecular weight is 707 g/mol. The molecule has 1 atom stereocenters. The summed E-state index contributed by atoms with van der Waals surface area (Å²) in [7, 11) is 0. The van der Waals surface area contributed by atoms with Gasteiger partial charge in [0.05, 0.1) is 6.61 Å². The van der Waals surface area contributed by atoms with Gasteiger partial charge in [-0.05, 0) is 38.5 Å². The molecule has 0 aromatic rings. The predicted octanol–water partition coefficient (Wildman–Crippen LogP) is 14.1. The lowest BCUT2D eigenvalue weighted by Crippen LogP contribution is -2.28. The normalized spacial score (nSPS) is 12.1. The standard InChI is InChI=1S/C45H86O5/c1-3-5-7-9-11-13-15-17-19-20-21-22-23-24-26-27-29-31-33-35-37-39-44(47)49-42-43(41-46)50-45(48)40-38-36-34-32-30-28-25-18-16-14-12-10-8-6-4-2/h17,19,43,46H,3-16,18,20-42H2,1-2H3/t43-/m0/s1. The molecule has 0 rings (SSSR count). The molecule has 0 amide bonds. The highest BCUT2D eigenvalue weighted by atomic mass is 16.6. The minimum Gasteiger partial charge on any atom is -0.462 e. The number of esters is 2. The number of aliphatic hydroxyl groups excluding tert-OH is 1. The minimum atomic E-state index is -0.764. The number of rotatable bonds is 41. The van der Waals surface area contributed by atoms with E-state index in [1.807, 2.05) is 0 Å². The molecule has 0 heterocycles. The van der Waals surface area contributed by atoms with Gasteiger partial charge in [-0.2, -0.15) is 0 Å². The van der Waals surface area contributed by atoms with Gasteiger partial charge < -0.3 is 14.6 Å². The minimum absolute atomic E-state index is 0.0596. The Balaban J connectivity index is 3.47. The molecular weight excluding hydrogens is 620 g/mol. The van der Waals surface area contributed by atoms with E-state index in [-0.39, 0.29) is 25.2 Å². The molecule has 296 valence electrons. The van der Waals surface area contributed by atoms with Crippen LogP contribution in [0.3, 0.4) is 0 Å². The van der Waals surface area contributed by atoms with E-state index in [2.05, 4.69) is 26.0 Å². The van der Waals surface area contributed by atoms with Crippen LogP contribution in [0.1, 0.15) is 245 Å². The summed E-state index contributed by atoms with van der Waals surface area (Å²) >= 11 is 0. The topological polar surface area (TPSA) is 72.8 Å². The van der Waals surface area contributed by atoms with Crippen molar-refractivity contribution in [1.82, 2.24) is 0 Å². The van der Waals surface area contributed by atoms with E-state index in [0.29, 0.717) is 12.8 Å². The quantitative estimate of drug-likeness (QED) is 0.0389. The van der Waals surface area contributed by atoms with Crippen LogP contribution in [0.5, 0.6) is 0 Å². The molecule has 5 heteroatoms. The fourth-order valence-electron chi connectivity index (χ4n) is 6.67. The maximum atomic E-state index is 12.2. The number of aliphatic hydroxyl groups is 1. The van der Waals surface area contributed by atoms with Crippen LogP contribution < -0.4 is 0 Å². The van der Waals surface area contributed by atoms with Crippen molar-refractivity contribution in [1.29, 1.82) is 0 Å². The van der Waals surface area contributed by atoms with E-state index >= 15 is 0 Å². The molecule has 0 fully saturated rings. The van der Waals surface area contributed by atoms with Crippen LogP contribution in [0.15, 0.2) is 12.2 Å². The van der Waals surface area contributed by atoms with Crippen molar-refractivity contribution in [3.63, 3.8) is 0 Å². The maximum Gasteiger partial charge on any atom is 0.306 e. The highest BCUT2D eigenvalue weighted by Crippen LogP contribution is 2.16. The summed E-state index contributed by atoms with van der Waals surface area (Å²) in [5.41, 5.74) is 0. The molecule has 0 saturated heterocycles. The van der Waals surface area contributed by atoms with Crippen LogP contribution in [0.2, 0.25) is 0 Å². The first-order valence-electron chi connectivity index (χ1n) is 22.2. The Labute approximate surface area is 311 Å². The molecule has 0 spiro atoms. The zero-order valence-corrected chi connectivity index (χ0v) is 33.7. The third kappa shape index (κ3) is 39.4. The van der Waals surface area contributed by atoms with E-state index in [1.54, 1.807) is 0 Å². The fraction of sp³-hybridized carbons (Fsp3) is 0.911. The number of carbonyl (C=O) groups excluding carboxylic acids is 2. The van der Waals surface area contributed by atoms with Crippen LogP contribution in [-0.2, 0) is 19.1 Å². The number of ether oxygens (including phenoxy) is 2. The van der Waals surface area contributed by atoms with Gasteiger partial charge in [-0.3, -0.25) is 9.59 Å². The first-order valence-corrected chi connectivity index (χ1v) is 22.2. The Bertz CT molecular complexity index is 720. The summed E-state index contributed by atoms with van der Waals surface area (Å²) in [6, 6.07) is 0. The number of allylic oxidation sites excluding steroid dienone is 2. The second-order valence-corrected chi connectivity index (χ2v) is 15.1. The van der Waals surface area contributed by atoms with Crippen molar-refractivity contribution in [3.05, 3.63) is 12.2 Å². The second kappa shape index (κ2) is 42.1. The Morgan fingerprint density at radius 1 is 0.440 bits per heavy atom. The van der Waals surface area contributed by atoms with Gasteiger partial charge in [-0.15, -0.1) is 0 Å². The van der Waals surface area contributed by atoms with Crippen molar-refractivity contribution in [3.8, 4) is 0 Å². The molecule has 0 bridgehead atoms. The van der Waals surface area contributed by atoms with Crippen LogP contribution in [0.4, 0.5) is 0 Å². The summed E-state index contributed by atoms with van der Waals surface area (Å²) in [6.45, 7) is 4.16. The molecule has 50 heavy (non-hydrogen) atoms. The molecule has 0 radical (unpaired) electrons. The second-order valence-electron chi connectivity index (χ2n) is 15.1. The van der Waals surface area contributed by atoms with Crippen molar-refractivity contribution >= 4 is 11.9 Å². The first-order chi connectivity index (χ1) is 24.6. The summed E-state index contributed by atoms with van der Waals surface area (Å²) in [5, 5.41) is 9.58. The van der Waals surface area contributed by atoms with E-state index in [4.69, 9.17) is 9.47 Å². The SMILES string of the molecule is CCCCCCCCC=CCCCCCCCCCCCCCC(=O)OC[C@H](CO)OC(=O)CCCCCCCCCCCCCCCCC. The lowest BCUT2D eigenvalue weighted by atomic mass is 10.0. The van der Waals surface area contributed by atoms with Gasteiger partial charge in [0, 0.05) is 12.8 Å². The Kier molecular flexibility index (Phi) is 40.9. The van der Waals surface area contributed by atoms with Crippen molar-refractivity contribution in [2.45, 2.75) is 251 Å². The van der Waals surface area contributed by atoms with Crippen LogP contribution in [0.25, 0.3) is 0 Å². The van der Waals surface area contributed by atoms with Gasteiger partial charge in [0.15, 0.2) is 6.10 Å². The van der Waals surface area contributed by atoms with Gasteiger partial charge in [0.2, 0.25) is 0 Å². The van der Waals surface area contributed by atoms with Crippen molar-refractivity contribution < 1.29 is 24.2 Å². The van der Waals surface area contributed by atoms with Gasteiger partial charge >= 0.3 is 11.9 Å². The molecule has 1 N–H and O–H groups in total. The third-order valence-corrected chi connectivity index (χ3v) is 10.1. The van der Waals surface area contributed by atoms with Gasteiger partial charge in [0.25, 0.3) is 0 Å². The molecule has 0 unspecified atom stereocenters. The highest BCUT2D eigenvalue weighted by Gasteiger charge is 2.16. The molecule has 0 aromatic carbocycles. The molecular formula is C45H86O5. The Hall–Kier alpha value is -1.36. The van der Waals surface area contributed by atoms with Crippen molar-refractivity contribution in [2.75, 3.05) is 13.2 Å². The largest absolute Gasteiger partial charge is 0.462 e. The molecule has 5 nitrogen and oxygen atoms in total. The highest BCUT2D eigenvalue weighted by molar-refractivity contribution is 5.70. The molecule has 0 aliphatic heterocycles. The van der Waals surface area contributed by atoms with Gasteiger partial charge in [-0.25, -0.2) is 0 Å². The zero-order valence-electron chi connectivity index (χ0n) is 33.7. The number of carbonyl (C=O) groups is 2. The van der Waals surface area contributed by atoms with E-state index in [9.17, 15) is 14.7 Å². The summed E-state index contributed by atoms with van der Waals surface area (Å²) in [6.07, 6.45) is 48.5. The maximum absolute atomic E-state index is 12.2. The molecule has 0 aliphatic rings. The van der Waals surface area contributed by atoms with Gasteiger partial charge in [0.1, 0.15) is 6.61 Å². The first kappa shape index (κ1) is 48.6. The third-order valence-electron chi connectivity index (χ3n) is 10.1. The van der Waals surface area contributed by atoms with E-state index in [0.717, 1.165) is 38.5 Å². The Morgan fingerprint density at radius 2 is 0.740 bits per heavy atom. The lowest BCUT2D eigenvalue weighted by molar-refractivity contribution is -0.161. The molecule has 0 saturated carbocycles. The fourth-order valence-corrected chi connectivity index (χ4v) is 6.67. The zero-order chi connectivity index (χ0) is 36.4. The lowest BCUT2D eigenvalue weighted by Gasteiger charge is -2.15. The number of hydrogen-bond donors (Lipinski definition) is 1. The Morgan fingerprint density at radius 3 is 1.08 bits per heavy atom. The van der Waals surface area contributed by atoms with Crippen LogP contribution in [-0.4, -0.2) is 36.4 Å². The predicted molar refractivity (Wildman–Crippen MR) is 215 cm³/mol. The van der Waals surface area contributed by atoms with Gasteiger partial charge in [-0.1, -0.05) is 206 Å². The summed E-state index contributed by atoms with van der Waals surface area (Å²) in [4.78, 5) is 24.3. The summed E-state index contributed by atoms with van der Waals surface area (Å²) < 4.78 is 10.6. The number of unbranched alkanes of at least 4 members (excludes halogenated alkanes) is 31. The van der Waals surface area contributed by atoms with E-state index in [1.165, 1.54) is 180 Å². The molecule has 0 aromatic heterocycles. The molecule has 0 aliphatic carbocycles. The smallest absolute Gasteiger partial charge is 0.306 e. The summed E-state index contributed by atoms with van der Waals surface area (Å²) in [5.74, 6) is -0.577. The van der Waals surface area contributed by atoms with Crippen LogP contribution in [0, 0.1) is 0 Å². The van der Waals surface area contributed by atoms with Crippen LogP contribution >= 0.6 is 0 Å².